The smallest absolute Gasteiger partial charge is 0.260 e. The zero-order chi connectivity index (χ0) is 19.1. The van der Waals surface area contributed by atoms with Crippen molar-refractivity contribution in [3.63, 3.8) is 0 Å². The molecule has 1 heterocycles. The maximum Gasteiger partial charge on any atom is 0.260 e. The van der Waals surface area contributed by atoms with Gasteiger partial charge in [-0.3, -0.25) is 9.59 Å². The summed E-state index contributed by atoms with van der Waals surface area (Å²) in [6.45, 7) is 3.56. The molecule has 1 N–H and O–H groups in total. The summed E-state index contributed by atoms with van der Waals surface area (Å²) in [7, 11) is 3.08. The van der Waals surface area contributed by atoms with Crippen molar-refractivity contribution in [3.8, 4) is 11.5 Å². The minimum Gasteiger partial charge on any atom is -0.493 e. The Kier molecular flexibility index (Phi) is 6.54. The molecule has 0 radical (unpaired) electrons. The van der Waals surface area contributed by atoms with E-state index in [0.717, 1.165) is 11.1 Å². The fourth-order valence-electron chi connectivity index (χ4n) is 2.23. The number of hydrogen-bond acceptors (Lipinski definition) is 5. The average Bonchev–Trinajstić information content (AvgIpc) is 2.60. The number of likely N-dealkylation sites (N-methyl/N-ethyl adjacent to an activating group) is 1. The van der Waals surface area contributed by atoms with Gasteiger partial charge in [-0.2, -0.15) is 0 Å². The lowest BCUT2D eigenvalue weighted by atomic mass is 10.2. The average molecular weight is 357 g/mol. The number of pyridine rings is 1. The summed E-state index contributed by atoms with van der Waals surface area (Å²) in [6, 6.07) is 9.03. The summed E-state index contributed by atoms with van der Waals surface area (Å²) >= 11 is 0. The van der Waals surface area contributed by atoms with E-state index in [1.165, 1.54) is 4.90 Å². The molecule has 138 valence electrons. The van der Waals surface area contributed by atoms with Crippen molar-refractivity contribution in [2.24, 2.45) is 0 Å². The second-order valence-electron chi connectivity index (χ2n) is 5.96. The van der Waals surface area contributed by atoms with Gasteiger partial charge in [0.2, 0.25) is 5.91 Å². The summed E-state index contributed by atoms with van der Waals surface area (Å²) in [5, 5.41) is 2.66. The topological polar surface area (TPSA) is 80.8 Å². The minimum absolute atomic E-state index is 0.0944. The molecule has 0 atom stereocenters. The number of carbonyl (C=O) groups is 2. The zero-order valence-electron chi connectivity index (χ0n) is 15.4. The number of aromatic nitrogens is 1. The molecule has 0 bridgehead atoms. The molecule has 0 fully saturated rings. The van der Waals surface area contributed by atoms with E-state index in [1.54, 1.807) is 32.5 Å². The van der Waals surface area contributed by atoms with E-state index in [-0.39, 0.29) is 25.0 Å². The highest BCUT2D eigenvalue weighted by atomic mass is 16.5. The molecule has 0 saturated carbocycles. The van der Waals surface area contributed by atoms with E-state index in [1.807, 2.05) is 32.0 Å². The van der Waals surface area contributed by atoms with Crippen LogP contribution in [0, 0.1) is 13.8 Å². The van der Waals surface area contributed by atoms with E-state index in [4.69, 9.17) is 9.47 Å². The fraction of sp³-hybridized carbons (Fsp3) is 0.316. The van der Waals surface area contributed by atoms with Crippen molar-refractivity contribution in [1.29, 1.82) is 0 Å². The van der Waals surface area contributed by atoms with E-state index in [0.29, 0.717) is 17.3 Å². The van der Waals surface area contributed by atoms with Crippen LogP contribution in [0.3, 0.4) is 0 Å². The lowest BCUT2D eigenvalue weighted by Crippen LogP contribution is -2.37. The highest BCUT2D eigenvalue weighted by Crippen LogP contribution is 2.27. The number of rotatable bonds is 7. The second-order valence-corrected chi connectivity index (χ2v) is 5.96. The van der Waals surface area contributed by atoms with Crippen LogP contribution in [0.5, 0.6) is 11.5 Å². The molecule has 0 aliphatic rings. The summed E-state index contributed by atoms with van der Waals surface area (Å²) in [4.78, 5) is 29.6. The Morgan fingerprint density at radius 2 is 1.85 bits per heavy atom. The number of ether oxygens (including phenoxy) is 2. The van der Waals surface area contributed by atoms with Gasteiger partial charge < -0.3 is 19.7 Å². The lowest BCUT2D eigenvalue weighted by Gasteiger charge is -2.18. The number of methoxy groups -OCH3 is 1. The number of benzene rings is 1. The number of aryl methyl sites for hydroxylation is 2. The first kappa shape index (κ1) is 19.2. The van der Waals surface area contributed by atoms with Gasteiger partial charge in [-0.1, -0.05) is 6.07 Å². The van der Waals surface area contributed by atoms with Crippen LogP contribution in [-0.4, -0.2) is 49.0 Å². The summed E-state index contributed by atoms with van der Waals surface area (Å²) in [5.41, 5.74) is 2.01. The van der Waals surface area contributed by atoms with Gasteiger partial charge in [0, 0.05) is 13.2 Å². The van der Waals surface area contributed by atoms with Gasteiger partial charge in [0.05, 0.1) is 13.7 Å². The number of nitrogens with zero attached hydrogens (tertiary/aromatic N) is 2. The van der Waals surface area contributed by atoms with Gasteiger partial charge in [-0.15, -0.1) is 0 Å². The Balaban J connectivity index is 1.86. The molecule has 0 spiro atoms. The highest BCUT2D eigenvalue weighted by Gasteiger charge is 2.15. The molecule has 1 aromatic carbocycles. The Bertz CT molecular complexity index is 792. The Morgan fingerprint density at radius 1 is 1.12 bits per heavy atom. The molecular weight excluding hydrogens is 334 g/mol. The van der Waals surface area contributed by atoms with Crippen LogP contribution in [0.25, 0.3) is 0 Å². The van der Waals surface area contributed by atoms with Crippen molar-refractivity contribution in [2.45, 2.75) is 13.8 Å². The first-order valence-corrected chi connectivity index (χ1v) is 8.13. The van der Waals surface area contributed by atoms with Crippen molar-refractivity contribution in [1.82, 2.24) is 9.88 Å². The van der Waals surface area contributed by atoms with Crippen LogP contribution in [-0.2, 0) is 9.59 Å². The van der Waals surface area contributed by atoms with Crippen molar-refractivity contribution >= 4 is 17.6 Å². The van der Waals surface area contributed by atoms with E-state index in [2.05, 4.69) is 10.3 Å². The Morgan fingerprint density at radius 3 is 2.54 bits per heavy atom. The highest BCUT2D eigenvalue weighted by molar-refractivity contribution is 5.94. The minimum atomic E-state index is -0.327. The third-order valence-corrected chi connectivity index (χ3v) is 3.66. The zero-order valence-corrected chi connectivity index (χ0v) is 15.4. The van der Waals surface area contributed by atoms with E-state index in [9.17, 15) is 9.59 Å². The van der Waals surface area contributed by atoms with Crippen molar-refractivity contribution in [3.05, 3.63) is 47.7 Å². The Hall–Kier alpha value is -3.09. The monoisotopic (exact) mass is 357 g/mol. The normalized spacial score (nSPS) is 10.2. The van der Waals surface area contributed by atoms with Crippen molar-refractivity contribution in [2.75, 3.05) is 32.6 Å². The molecular formula is C19H23N3O4. The third kappa shape index (κ3) is 5.47. The van der Waals surface area contributed by atoms with Gasteiger partial charge >= 0.3 is 0 Å². The third-order valence-electron chi connectivity index (χ3n) is 3.66. The molecule has 2 amide bonds. The Labute approximate surface area is 152 Å². The quantitative estimate of drug-likeness (QED) is 0.821. The predicted molar refractivity (Wildman–Crippen MR) is 98.5 cm³/mol. The molecule has 0 saturated heterocycles. The SMILES string of the molecule is COc1cc(C)ccc1OCC(=O)N(C)CC(=O)Nc1cc(C)ccn1. The molecule has 7 heteroatoms. The van der Waals surface area contributed by atoms with Gasteiger partial charge in [-0.05, 0) is 49.2 Å². The van der Waals surface area contributed by atoms with Crippen LogP contribution in [0.15, 0.2) is 36.5 Å². The van der Waals surface area contributed by atoms with Gasteiger partial charge in [0.1, 0.15) is 5.82 Å². The predicted octanol–water partition coefficient (Wildman–Crippen LogP) is 2.18. The first-order valence-electron chi connectivity index (χ1n) is 8.13. The molecule has 0 unspecified atom stereocenters. The fourth-order valence-corrected chi connectivity index (χ4v) is 2.23. The number of amides is 2. The van der Waals surface area contributed by atoms with E-state index < -0.39 is 0 Å². The van der Waals surface area contributed by atoms with Crippen LogP contribution >= 0.6 is 0 Å². The van der Waals surface area contributed by atoms with Crippen LogP contribution in [0.1, 0.15) is 11.1 Å². The molecule has 7 nitrogen and oxygen atoms in total. The van der Waals surface area contributed by atoms with Crippen molar-refractivity contribution < 1.29 is 19.1 Å². The van der Waals surface area contributed by atoms with Crippen LogP contribution < -0.4 is 14.8 Å². The second kappa shape index (κ2) is 8.84. The lowest BCUT2D eigenvalue weighted by molar-refractivity contribution is -0.135. The van der Waals surface area contributed by atoms with Gasteiger partial charge in [0.25, 0.3) is 5.91 Å². The molecule has 0 aliphatic carbocycles. The number of anilines is 1. The molecule has 26 heavy (non-hydrogen) atoms. The number of hydrogen-bond donors (Lipinski definition) is 1. The number of nitrogens with one attached hydrogen (secondary N) is 1. The van der Waals surface area contributed by atoms with Crippen LogP contribution in [0.4, 0.5) is 5.82 Å². The van der Waals surface area contributed by atoms with Gasteiger partial charge in [-0.25, -0.2) is 4.98 Å². The maximum absolute atomic E-state index is 12.2. The summed E-state index contributed by atoms with van der Waals surface area (Å²) < 4.78 is 10.8. The summed E-state index contributed by atoms with van der Waals surface area (Å²) in [5.74, 6) is 0.848. The largest absolute Gasteiger partial charge is 0.493 e. The molecule has 0 aliphatic heterocycles. The standard InChI is InChI=1S/C19H23N3O4/c1-13-5-6-15(16(9-13)25-4)26-12-19(24)22(3)11-18(23)21-17-10-14(2)7-8-20-17/h5-10H,11-12H2,1-4H3,(H,20,21,23). The van der Waals surface area contributed by atoms with Gasteiger partial charge in [0.15, 0.2) is 18.1 Å². The molecule has 1 aromatic heterocycles. The summed E-state index contributed by atoms with van der Waals surface area (Å²) in [6.07, 6.45) is 1.61. The maximum atomic E-state index is 12.2. The molecule has 2 rings (SSSR count). The van der Waals surface area contributed by atoms with Crippen LogP contribution in [0.2, 0.25) is 0 Å². The first-order chi connectivity index (χ1) is 12.4. The molecule has 2 aromatic rings. The number of carbonyl (C=O) groups excluding carboxylic acids is 2. The van der Waals surface area contributed by atoms with E-state index >= 15 is 0 Å².